The van der Waals surface area contributed by atoms with Gasteiger partial charge in [-0.25, -0.2) is 4.98 Å². The van der Waals surface area contributed by atoms with E-state index >= 15 is 0 Å². The van der Waals surface area contributed by atoms with Gasteiger partial charge in [-0.3, -0.25) is 4.68 Å². The molecule has 2 aromatic rings. The second kappa shape index (κ2) is 3.79. The lowest BCUT2D eigenvalue weighted by atomic mass is 10.3. The van der Waals surface area contributed by atoms with Crippen molar-refractivity contribution in [3.8, 4) is 0 Å². The van der Waals surface area contributed by atoms with Crippen molar-refractivity contribution in [1.29, 1.82) is 0 Å². The molecule has 0 bridgehead atoms. The highest BCUT2D eigenvalue weighted by atomic mass is 32.1. The monoisotopic (exact) mass is 208 g/mol. The minimum Gasteiger partial charge on any atom is -0.396 e. The van der Waals surface area contributed by atoms with Gasteiger partial charge < -0.3 is 5.73 Å². The number of hydrogen-bond donors (Lipinski definition) is 1. The number of aromatic nitrogens is 3. The van der Waals surface area contributed by atoms with Crippen LogP contribution in [0, 0.1) is 6.92 Å². The van der Waals surface area contributed by atoms with Crippen LogP contribution in [0.5, 0.6) is 0 Å². The molecule has 2 aromatic heterocycles. The molecule has 0 saturated heterocycles. The molecule has 2 heterocycles. The number of nitrogens with two attached hydrogens (primary N) is 1. The van der Waals surface area contributed by atoms with Gasteiger partial charge in [0, 0.05) is 24.0 Å². The van der Waals surface area contributed by atoms with Gasteiger partial charge in [0.05, 0.1) is 23.1 Å². The predicted octanol–water partition coefficient (Wildman–Crippen LogP) is 1.47. The molecule has 0 aliphatic carbocycles. The van der Waals surface area contributed by atoms with Crippen LogP contribution in [0.2, 0.25) is 0 Å². The van der Waals surface area contributed by atoms with Crippen LogP contribution in [0.15, 0.2) is 17.9 Å². The Kier molecular flexibility index (Phi) is 2.49. The van der Waals surface area contributed by atoms with Gasteiger partial charge in [-0.15, -0.1) is 11.3 Å². The van der Waals surface area contributed by atoms with Crippen molar-refractivity contribution in [2.24, 2.45) is 0 Å². The van der Waals surface area contributed by atoms with Gasteiger partial charge in [-0.1, -0.05) is 0 Å². The van der Waals surface area contributed by atoms with E-state index in [1.54, 1.807) is 17.5 Å². The van der Waals surface area contributed by atoms with Gasteiger partial charge in [0.25, 0.3) is 0 Å². The molecule has 0 saturated carbocycles. The summed E-state index contributed by atoms with van der Waals surface area (Å²) in [5.74, 6) is 0. The Balaban J connectivity index is 1.98. The van der Waals surface area contributed by atoms with Gasteiger partial charge in [0.15, 0.2) is 0 Å². The molecule has 0 radical (unpaired) electrons. The summed E-state index contributed by atoms with van der Waals surface area (Å²) >= 11 is 1.69. The number of thiazole rings is 1. The second-order valence-corrected chi connectivity index (χ2v) is 4.09. The first-order valence-electron chi connectivity index (χ1n) is 4.42. The summed E-state index contributed by atoms with van der Waals surface area (Å²) in [7, 11) is 0. The Hall–Kier alpha value is -1.36. The molecule has 14 heavy (non-hydrogen) atoms. The molecule has 0 spiro atoms. The Morgan fingerprint density at radius 1 is 1.57 bits per heavy atom. The molecule has 5 heteroatoms. The van der Waals surface area contributed by atoms with E-state index in [4.69, 9.17) is 5.73 Å². The number of nitrogen functional groups attached to an aromatic ring is 1. The molecular weight excluding hydrogens is 196 g/mol. The average molecular weight is 208 g/mol. The highest BCUT2D eigenvalue weighted by Gasteiger charge is 2.01. The molecule has 2 rings (SSSR count). The number of nitrogens with zero attached hydrogens (tertiary/aromatic N) is 3. The van der Waals surface area contributed by atoms with Crippen LogP contribution in [-0.2, 0) is 13.0 Å². The number of anilines is 1. The average Bonchev–Trinajstić information content (AvgIpc) is 2.72. The molecule has 0 amide bonds. The van der Waals surface area contributed by atoms with Crippen molar-refractivity contribution < 1.29 is 0 Å². The molecule has 0 aromatic carbocycles. The second-order valence-electron chi connectivity index (χ2n) is 3.15. The largest absolute Gasteiger partial charge is 0.396 e. The lowest BCUT2D eigenvalue weighted by Crippen LogP contribution is -2.01. The molecule has 74 valence electrons. The molecule has 0 atom stereocenters. The topological polar surface area (TPSA) is 56.7 Å². The van der Waals surface area contributed by atoms with Crippen molar-refractivity contribution in [3.63, 3.8) is 0 Å². The highest BCUT2D eigenvalue weighted by Crippen LogP contribution is 2.13. The van der Waals surface area contributed by atoms with Gasteiger partial charge in [-0.05, 0) is 6.92 Å². The summed E-state index contributed by atoms with van der Waals surface area (Å²) in [6.07, 6.45) is 4.48. The summed E-state index contributed by atoms with van der Waals surface area (Å²) in [5.41, 5.74) is 9.28. The van der Waals surface area contributed by atoms with E-state index in [0.29, 0.717) is 5.69 Å². The van der Waals surface area contributed by atoms with Crippen LogP contribution in [0.3, 0.4) is 0 Å². The molecule has 0 aliphatic rings. The molecular formula is C9H12N4S. The number of hydrogen-bond acceptors (Lipinski definition) is 4. The molecule has 0 unspecified atom stereocenters. The van der Waals surface area contributed by atoms with Crippen molar-refractivity contribution in [1.82, 2.24) is 14.8 Å². The minimum absolute atomic E-state index is 0.714. The SMILES string of the molecule is Cc1ncsc1CCn1cc(N)cn1. The van der Waals surface area contributed by atoms with E-state index in [2.05, 4.69) is 10.1 Å². The summed E-state index contributed by atoms with van der Waals surface area (Å²) in [6.45, 7) is 2.89. The van der Waals surface area contributed by atoms with E-state index < -0.39 is 0 Å². The zero-order chi connectivity index (χ0) is 9.97. The van der Waals surface area contributed by atoms with Gasteiger partial charge in [0.1, 0.15) is 0 Å². The molecule has 4 nitrogen and oxygen atoms in total. The van der Waals surface area contributed by atoms with Crippen molar-refractivity contribution in [3.05, 3.63) is 28.5 Å². The first-order chi connectivity index (χ1) is 6.75. The summed E-state index contributed by atoms with van der Waals surface area (Å²) < 4.78 is 1.86. The third kappa shape index (κ3) is 1.93. The standard InChI is InChI=1S/C9H12N4S/c1-7-9(14-6-11-7)2-3-13-5-8(10)4-12-13/h4-6H,2-3,10H2,1H3. The molecule has 0 aliphatic heterocycles. The van der Waals surface area contributed by atoms with E-state index in [-0.39, 0.29) is 0 Å². The Morgan fingerprint density at radius 2 is 2.43 bits per heavy atom. The molecule has 0 fully saturated rings. The lowest BCUT2D eigenvalue weighted by molar-refractivity contribution is 0.617. The number of aryl methyl sites for hydroxylation is 3. The normalized spacial score (nSPS) is 10.6. The van der Waals surface area contributed by atoms with Crippen LogP contribution in [-0.4, -0.2) is 14.8 Å². The summed E-state index contributed by atoms with van der Waals surface area (Å²) in [4.78, 5) is 5.52. The van der Waals surface area contributed by atoms with E-state index in [1.807, 2.05) is 23.3 Å². The highest BCUT2D eigenvalue weighted by molar-refractivity contribution is 7.09. The van der Waals surface area contributed by atoms with Gasteiger partial charge >= 0.3 is 0 Å². The maximum atomic E-state index is 5.56. The van der Waals surface area contributed by atoms with Gasteiger partial charge in [0.2, 0.25) is 0 Å². The summed E-state index contributed by atoms with van der Waals surface area (Å²) in [6, 6.07) is 0. The van der Waals surface area contributed by atoms with Crippen LogP contribution in [0.4, 0.5) is 5.69 Å². The number of rotatable bonds is 3. The summed E-state index contributed by atoms with van der Waals surface area (Å²) in [5, 5.41) is 4.12. The van der Waals surface area contributed by atoms with Crippen LogP contribution in [0.25, 0.3) is 0 Å². The Bertz CT molecular complexity index is 418. The first-order valence-corrected chi connectivity index (χ1v) is 5.30. The van der Waals surface area contributed by atoms with Crippen LogP contribution in [0.1, 0.15) is 10.6 Å². The maximum absolute atomic E-state index is 5.56. The zero-order valence-electron chi connectivity index (χ0n) is 7.97. The fourth-order valence-electron chi connectivity index (χ4n) is 1.28. The maximum Gasteiger partial charge on any atom is 0.0797 e. The first kappa shape index (κ1) is 9.21. The van der Waals surface area contributed by atoms with Crippen LogP contribution < -0.4 is 5.73 Å². The third-order valence-corrected chi connectivity index (χ3v) is 3.06. The smallest absolute Gasteiger partial charge is 0.0797 e. The van der Waals surface area contributed by atoms with E-state index in [0.717, 1.165) is 18.7 Å². The van der Waals surface area contributed by atoms with Crippen molar-refractivity contribution in [2.45, 2.75) is 19.9 Å². The quantitative estimate of drug-likeness (QED) is 0.831. The fraction of sp³-hybridized carbons (Fsp3) is 0.333. The zero-order valence-corrected chi connectivity index (χ0v) is 8.79. The van der Waals surface area contributed by atoms with E-state index in [1.165, 1.54) is 4.88 Å². The predicted molar refractivity (Wildman–Crippen MR) is 57.2 cm³/mol. The Labute approximate surface area is 86.4 Å². The van der Waals surface area contributed by atoms with E-state index in [9.17, 15) is 0 Å². The van der Waals surface area contributed by atoms with Crippen molar-refractivity contribution >= 4 is 17.0 Å². The van der Waals surface area contributed by atoms with Crippen molar-refractivity contribution in [2.75, 3.05) is 5.73 Å². The van der Waals surface area contributed by atoms with Gasteiger partial charge in [-0.2, -0.15) is 5.10 Å². The fourth-order valence-corrected chi connectivity index (χ4v) is 2.05. The Morgan fingerprint density at radius 3 is 3.00 bits per heavy atom. The lowest BCUT2D eigenvalue weighted by Gasteiger charge is -1.99. The van der Waals surface area contributed by atoms with Crippen LogP contribution >= 0.6 is 11.3 Å². The third-order valence-electron chi connectivity index (χ3n) is 2.07. The molecule has 2 N–H and O–H groups in total. The minimum atomic E-state index is 0.714.